The molecule has 0 aliphatic carbocycles. The van der Waals surface area contributed by atoms with Crippen molar-refractivity contribution in [2.75, 3.05) is 0 Å². The van der Waals surface area contributed by atoms with Gasteiger partial charge in [-0.25, -0.2) is 0 Å². The van der Waals surface area contributed by atoms with Gasteiger partial charge in [-0.1, -0.05) is 35.0 Å². The van der Waals surface area contributed by atoms with Crippen molar-refractivity contribution in [1.82, 2.24) is 10.5 Å². The second-order valence-corrected chi connectivity index (χ2v) is 6.45. The standard InChI is InChI=1S/C20H19ClN2O3/c1-13(2)25-16-9-7-14(8-10-16)19-11-18(23-26-19)20(24)22-12-15-5-3-4-6-17(15)21/h3-11,13H,12H2,1-2H3,(H,22,24). The maximum Gasteiger partial charge on any atom is 0.273 e. The van der Waals surface area contributed by atoms with Crippen molar-refractivity contribution in [2.45, 2.75) is 26.5 Å². The van der Waals surface area contributed by atoms with E-state index in [-0.39, 0.29) is 17.7 Å². The van der Waals surface area contributed by atoms with E-state index in [9.17, 15) is 4.79 Å². The minimum absolute atomic E-state index is 0.111. The van der Waals surface area contributed by atoms with Crippen molar-refractivity contribution in [2.24, 2.45) is 0 Å². The van der Waals surface area contributed by atoms with Crippen molar-refractivity contribution in [1.29, 1.82) is 0 Å². The lowest BCUT2D eigenvalue weighted by Crippen LogP contribution is -2.23. The smallest absolute Gasteiger partial charge is 0.273 e. The van der Waals surface area contributed by atoms with Gasteiger partial charge in [0.25, 0.3) is 5.91 Å². The highest BCUT2D eigenvalue weighted by Gasteiger charge is 2.14. The number of carbonyl (C=O) groups is 1. The molecule has 0 bridgehead atoms. The minimum Gasteiger partial charge on any atom is -0.491 e. The molecule has 5 nitrogen and oxygen atoms in total. The highest BCUT2D eigenvalue weighted by molar-refractivity contribution is 6.31. The van der Waals surface area contributed by atoms with E-state index >= 15 is 0 Å². The number of hydrogen-bond donors (Lipinski definition) is 1. The molecule has 0 aliphatic rings. The Hall–Kier alpha value is -2.79. The van der Waals surface area contributed by atoms with Gasteiger partial charge in [-0.3, -0.25) is 4.79 Å². The zero-order valence-corrected chi connectivity index (χ0v) is 15.3. The monoisotopic (exact) mass is 370 g/mol. The van der Waals surface area contributed by atoms with E-state index in [4.69, 9.17) is 20.9 Å². The fourth-order valence-corrected chi connectivity index (χ4v) is 2.60. The van der Waals surface area contributed by atoms with Crippen LogP contribution in [0.25, 0.3) is 11.3 Å². The molecular formula is C20H19ClN2O3. The molecule has 0 fully saturated rings. The van der Waals surface area contributed by atoms with Crippen LogP contribution in [0.3, 0.4) is 0 Å². The Morgan fingerprint density at radius 3 is 2.62 bits per heavy atom. The fraction of sp³-hybridized carbons (Fsp3) is 0.200. The lowest BCUT2D eigenvalue weighted by Gasteiger charge is -2.09. The minimum atomic E-state index is -0.320. The lowest BCUT2D eigenvalue weighted by molar-refractivity contribution is 0.0942. The van der Waals surface area contributed by atoms with Gasteiger partial charge < -0.3 is 14.6 Å². The first-order valence-corrected chi connectivity index (χ1v) is 8.66. The van der Waals surface area contributed by atoms with Gasteiger partial charge in [0.15, 0.2) is 11.5 Å². The van der Waals surface area contributed by atoms with E-state index < -0.39 is 0 Å². The van der Waals surface area contributed by atoms with Crippen LogP contribution in [-0.4, -0.2) is 17.2 Å². The number of hydrogen-bond acceptors (Lipinski definition) is 4. The summed E-state index contributed by atoms with van der Waals surface area (Å²) in [5.74, 6) is 0.977. The molecule has 1 aromatic heterocycles. The van der Waals surface area contributed by atoms with Crippen LogP contribution in [-0.2, 0) is 6.54 Å². The first-order valence-electron chi connectivity index (χ1n) is 8.28. The number of nitrogens with zero attached hydrogens (tertiary/aromatic N) is 1. The Bertz CT molecular complexity index is 888. The fourth-order valence-electron chi connectivity index (χ4n) is 2.40. The third kappa shape index (κ3) is 4.43. The van der Waals surface area contributed by atoms with Crippen LogP contribution >= 0.6 is 11.6 Å². The average Bonchev–Trinajstić information content (AvgIpc) is 3.11. The van der Waals surface area contributed by atoms with Gasteiger partial charge in [-0.15, -0.1) is 0 Å². The van der Waals surface area contributed by atoms with E-state index in [0.717, 1.165) is 16.9 Å². The van der Waals surface area contributed by atoms with Crippen LogP contribution in [0.1, 0.15) is 29.9 Å². The summed E-state index contributed by atoms with van der Waals surface area (Å²) >= 11 is 6.09. The van der Waals surface area contributed by atoms with Crippen molar-refractivity contribution in [3.8, 4) is 17.1 Å². The second-order valence-electron chi connectivity index (χ2n) is 6.04. The first kappa shape index (κ1) is 18.0. The van der Waals surface area contributed by atoms with Crippen LogP contribution in [0.4, 0.5) is 0 Å². The van der Waals surface area contributed by atoms with Gasteiger partial charge >= 0.3 is 0 Å². The van der Waals surface area contributed by atoms with Crippen molar-refractivity contribution in [3.05, 3.63) is 70.9 Å². The molecular weight excluding hydrogens is 352 g/mol. The zero-order valence-electron chi connectivity index (χ0n) is 14.5. The summed E-state index contributed by atoms with van der Waals surface area (Å²) < 4.78 is 10.9. The highest BCUT2D eigenvalue weighted by atomic mass is 35.5. The molecule has 0 atom stereocenters. The van der Waals surface area contributed by atoms with E-state index in [1.807, 2.05) is 56.3 Å². The predicted molar refractivity (Wildman–Crippen MR) is 100 cm³/mol. The number of aromatic nitrogens is 1. The summed E-state index contributed by atoms with van der Waals surface area (Å²) in [7, 11) is 0. The predicted octanol–water partition coefficient (Wildman–Crippen LogP) is 4.71. The number of amides is 1. The molecule has 26 heavy (non-hydrogen) atoms. The van der Waals surface area contributed by atoms with Gasteiger partial charge in [0.05, 0.1) is 6.10 Å². The van der Waals surface area contributed by atoms with Gasteiger partial charge in [0, 0.05) is 23.2 Å². The highest BCUT2D eigenvalue weighted by Crippen LogP contribution is 2.24. The summed E-state index contributed by atoms with van der Waals surface area (Å²) in [5, 5.41) is 7.24. The summed E-state index contributed by atoms with van der Waals surface area (Å²) in [5.41, 5.74) is 1.88. The number of halogens is 1. The largest absolute Gasteiger partial charge is 0.491 e. The molecule has 134 valence electrons. The molecule has 0 unspecified atom stereocenters. The van der Waals surface area contributed by atoms with Crippen molar-refractivity contribution >= 4 is 17.5 Å². The van der Waals surface area contributed by atoms with Crippen molar-refractivity contribution < 1.29 is 14.1 Å². The number of benzene rings is 2. The molecule has 0 saturated heterocycles. The lowest BCUT2D eigenvalue weighted by atomic mass is 10.1. The Morgan fingerprint density at radius 1 is 1.19 bits per heavy atom. The van der Waals surface area contributed by atoms with Crippen LogP contribution in [0.15, 0.2) is 59.1 Å². The zero-order chi connectivity index (χ0) is 18.5. The number of nitrogens with one attached hydrogen (secondary N) is 1. The van der Waals surface area contributed by atoms with E-state index in [1.54, 1.807) is 12.1 Å². The summed E-state index contributed by atoms with van der Waals surface area (Å²) in [4.78, 5) is 12.3. The van der Waals surface area contributed by atoms with Crippen molar-refractivity contribution in [3.63, 3.8) is 0 Å². The average molecular weight is 371 g/mol. The van der Waals surface area contributed by atoms with Crippen LogP contribution in [0, 0.1) is 0 Å². The maximum absolute atomic E-state index is 12.3. The first-order chi connectivity index (χ1) is 12.5. The third-order valence-corrected chi connectivity index (χ3v) is 4.02. The van der Waals surface area contributed by atoms with E-state index in [1.165, 1.54) is 0 Å². The van der Waals surface area contributed by atoms with Gasteiger partial charge in [-0.05, 0) is 49.7 Å². The number of ether oxygens (including phenoxy) is 1. The Morgan fingerprint density at radius 2 is 1.92 bits per heavy atom. The second kappa shape index (κ2) is 8.06. The van der Waals surface area contributed by atoms with Crippen LogP contribution < -0.4 is 10.1 Å². The molecule has 1 N–H and O–H groups in total. The summed E-state index contributed by atoms with van der Waals surface area (Å²) in [6.07, 6.45) is 0.111. The van der Waals surface area contributed by atoms with Gasteiger partial charge in [0.1, 0.15) is 5.75 Å². The normalized spacial score (nSPS) is 10.8. The molecule has 0 radical (unpaired) electrons. The SMILES string of the molecule is CC(C)Oc1ccc(-c2cc(C(=O)NCc3ccccc3Cl)no2)cc1. The Kier molecular flexibility index (Phi) is 5.58. The third-order valence-electron chi connectivity index (χ3n) is 3.65. The molecule has 1 heterocycles. The summed E-state index contributed by atoms with van der Waals surface area (Å²) in [6.45, 7) is 4.26. The Labute approximate surface area is 156 Å². The van der Waals surface area contributed by atoms with Crippen LogP contribution in [0.2, 0.25) is 5.02 Å². The molecule has 0 saturated carbocycles. The van der Waals surface area contributed by atoms with Gasteiger partial charge in [0.2, 0.25) is 0 Å². The molecule has 3 aromatic rings. The summed E-state index contributed by atoms with van der Waals surface area (Å²) in [6, 6.07) is 16.4. The molecule has 2 aromatic carbocycles. The molecule has 1 amide bonds. The number of carbonyl (C=O) groups excluding carboxylic acids is 1. The molecule has 0 spiro atoms. The Balaban J connectivity index is 1.65. The topological polar surface area (TPSA) is 64.4 Å². The number of rotatable bonds is 6. The van der Waals surface area contributed by atoms with Gasteiger partial charge in [-0.2, -0.15) is 0 Å². The van der Waals surface area contributed by atoms with E-state index in [2.05, 4.69) is 10.5 Å². The molecule has 3 rings (SSSR count). The van der Waals surface area contributed by atoms with E-state index in [0.29, 0.717) is 17.3 Å². The maximum atomic E-state index is 12.3. The molecule has 0 aliphatic heterocycles. The quantitative estimate of drug-likeness (QED) is 0.682. The molecule has 6 heteroatoms. The van der Waals surface area contributed by atoms with Crippen LogP contribution in [0.5, 0.6) is 5.75 Å².